The summed E-state index contributed by atoms with van der Waals surface area (Å²) in [6.07, 6.45) is 0.117. The van der Waals surface area contributed by atoms with Gasteiger partial charge in [-0.25, -0.2) is 0 Å². The second-order valence-corrected chi connectivity index (χ2v) is 3.30. The first-order valence-corrected chi connectivity index (χ1v) is 4.46. The molecule has 3 N–H and O–H groups in total. The highest BCUT2D eigenvalue weighted by Crippen LogP contribution is 2.22. The van der Waals surface area contributed by atoms with Gasteiger partial charge in [-0.2, -0.15) is 5.10 Å². The monoisotopic (exact) mass is 183 g/mol. The topological polar surface area (TPSA) is 64.1 Å². The zero-order valence-electron chi connectivity index (χ0n) is 8.41. The zero-order chi connectivity index (χ0) is 10.0. The van der Waals surface area contributed by atoms with E-state index in [1.165, 1.54) is 0 Å². The van der Waals surface area contributed by atoms with Crippen molar-refractivity contribution in [3.63, 3.8) is 0 Å². The maximum absolute atomic E-state index is 9.76. The third-order valence-electron chi connectivity index (χ3n) is 2.34. The fourth-order valence-corrected chi connectivity index (χ4v) is 1.57. The molecule has 0 aliphatic carbocycles. The molecule has 0 unspecified atom stereocenters. The lowest BCUT2D eigenvalue weighted by Crippen LogP contribution is -2.08. The van der Waals surface area contributed by atoms with E-state index in [4.69, 9.17) is 5.73 Å². The van der Waals surface area contributed by atoms with E-state index in [2.05, 4.69) is 5.10 Å². The molecule has 1 rings (SSSR count). The average Bonchev–Trinajstić information content (AvgIpc) is 2.27. The first kappa shape index (κ1) is 10.2. The molecule has 0 radical (unpaired) electrons. The number of aryl methyl sites for hydroxylation is 2. The summed E-state index contributed by atoms with van der Waals surface area (Å²) in [6, 6.07) is 0. The molecule has 0 aromatic carbocycles. The fourth-order valence-electron chi connectivity index (χ4n) is 1.57. The van der Waals surface area contributed by atoms with Gasteiger partial charge in [0, 0.05) is 18.3 Å². The highest BCUT2D eigenvalue weighted by Gasteiger charge is 2.16. The van der Waals surface area contributed by atoms with Crippen LogP contribution in [0.25, 0.3) is 0 Å². The van der Waals surface area contributed by atoms with Crippen molar-refractivity contribution in [2.24, 2.45) is 12.8 Å². The van der Waals surface area contributed by atoms with Crippen molar-refractivity contribution in [2.45, 2.75) is 26.4 Å². The molecular formula is C9H17N3O. The minimum absolute atomic E-state index is 0.473. The molecule has 4 nitrogen and oxygen atoms in total. The van der Waals surface area contributed by atoms with Crippen molar-refractivity contribution in [1.29, 1.82) is 0 Å². The first-order chi connectivity index (χ1) is 6.07. The third-order valence-corrected chi connectivity index (χ3v) is 2.34. The van der Waals surface area contributed by atoms with Crippen LogP contribution in [-0.2, 0) is 7.05 Å². The molecule has 1 heterocycles. The van der Waals surface area contributed by atoms with E-state index in [1.807, 2.05) is 20.9 Å². The largest absolute Gasteiger partial charge is 0.388 e. The van der Waals surface area contributed by atoms with E-state index in [0.717, 1.165) is 17.0 Å². The minimum Gasteiger partial charge on any atom is -0.388 e. The molecule has 0 aliphatic rings. The Bertz CT molecular complexity index is 293. The lowest BCUT2D eigenvalue weighted by atomic mass is 10.1. The number of aliphatic hydroxyl groups excluding tert-OH is 1. The third kappa shape index (κ3) is 1.89. The van der Waals surface area contributed by atoms with Gasteiger partial charge in [0.25, 0.3) is 0 Å². The molecule has 0 aliphatic heterocycles. The van der Waals surface area contributed by atoms with Gasteiger partial charge < -0.3 is 10.8 Å². The van der Waals surface area contributed by atoms with Crippen LogP contribution in [0.3, 0.4) is 0 Å². The molecule has 4 heteroatoms. The second-order valence-electron chi connectivity index (χ2n) is 3.30. The molecule has 0 saturated carbocycles. The summed E-state index contributed by atoms with van der Waals surface area (Å²) in [4.78, 5) is 0. The quantitative estimate of drug-likeness (QED) is 0.713. The van der Waals surface area contributed by atoms with E-state index >= 15 is 0 Å². The summed E-state index contributed by atoms with van der Waals surface area (Å²) in [5.41, 5.74) is 8.21. The number of aliphatic hydroxyl groups is 1. The number of rotatable bonds is 3. The summed E-state index contributed by atoms with van der Waals surface area (Å²) in [7, 11) is 1.88. The van der Waals surface area contributed by atoms with Gasteiger partial charge in [-0.1, -0.05) is 0 Å². The van der Waals surface area contributed by atoms with Crippen LogP contribution in [0, 0.1) is 13.8 Å². The van der Waals surface area contributed by atoms with Crippen LogP contribution in [0.5, 0.6) is 0 Å². The Kier molecular flexibility index (Phi) is 3.06. The standard InChI is InChI=1S/C9H17N3O/c1-6-9(8(13)4-5-10)7(2)12(3)11-6/h8,13H,4-5,10H2,1-3H3/t8-/m0/s1. The summed E-state index contributed by atoms with van der Waals surface area (Å²) in [6.45, 7) is 4.35. The highest BCUT2D eigenvalue weighted by atomic mass is 16.3. The Morgan fingerprint density at radius 2 is 2.15 bits per heavy atom. The maximum Gasteiger partial charge on any atom is 0.0837 e. The summed E-state index contributed by atoms with van der Waals surface area (Å²) in [5, 5.41) is 14.0. The van der Waals surface area contributed by atoms with Crippen molar-refractivity contribution < 1.29 is 5.11 Å². The number of hydrogen-bond donors (Lipinski definition) is 2. The number of nitrogens with two attached hydrogens (primary N) is 1. The van der Waals surface area contributed by atoms with Gasteiger partial charge in [0.15, 0.2) is 0 Å². The van der Waals surface area contributed by atoms with E-state index in [0.29, 0.717) is 13.0 Å². The summed E-state index contributed by atoms with van der Waals surface area (Å²) in [5.74, 6) is 0. The Hall–Kier alpha value is -0.870. The Morgan fingerprint density at radius 1 is 1.54 bits per heavy atom. The summed E-state index contributed by atoms with van der Waals surface area (Å²) < 4.78 is 1.78. The van der Waals surface area contributed by atoms with Crippen molar-refractivity contribution in [2.75, 3.05) is 6.54 Å². The van der Waals surface area contributed by atoms with Crippen molar-refractivity contribution in [1.82, 2.24) is 9.78 Å². The predicted octanol–water partition coefficient (Wildman–Crippen LogP) is 0.419. The van der Waals surface area contributed by atoms with Gasteiger partial charge in [0.05, 0.1) is 11.8 Å². The molecule has 1 atom stereocenters. The molecule has 0 amide bonds. The van der Waals surface area contributed by atoms with Crippen LogP contribution < -0.4 is 5.73 Å². The molecule has 0 saturated heterocycles. The lowest BCUT2D eigenvalue weighted by molar-refractivity contribution is 0.169. The van der Waals surface area contributed by atoms with Gasteiger partial charge in [-0.05, 0) is 26.8 Å². The Morgan fingerprint density at radius 3 is 2.54 bits per heavy atom. The SMILES string of the molecule is Cc1nn(C)c(C)c1[C@@H](O)CCN. The Balaban J connectivity index is 2.98. The van der Waals surface area contributed by atoms with Crippen LogP contribution in [0.4, 0.5) is 0 Å². The maximum atomic E-state index is 9.76. The number of aromatic nitrogens is 2. The van der Waals surface area contributed by atoms with Crippen LogP contribution in [0.1, 0.15) is 29.5 Å². The van der Waals surface area contributed by atoms with Gasteiger partial charge >= 0.3 is 0 Å². The van der Waals surface area contributed by atoms with Crippen molar-refractivity contribution in [3.05, 3.63) is 17.0 Å². The van der Waals surface area contributed by atoms with E-state index in [1.54, 1.807) is 4.68 Å². The molecule has 13 heavy (non-hydrogen) atoms. The second kappa shape index (κ2) is 3.89. The summed E-state index contributed by atoms with van der Waals surface area (Å²) >= 11 is 0. The normalized spacial score (nSPS) is 13.3. The van der Waals surface area contributed by atoms with Gasteiger partial charge in [-0.3, -0.25) is 4.68 Å². The Labute approximate surface area is 78.4 Å². The molecule has 0 fully saturated rings. The molecule has 1 aromatic heterocycles. The van der Waals surface area contributed by atoms with E-state index in [9.17, 15) is 5.11 Å². The van der Waals surface area contributed by atoms with Gasteiger partial charge in [-0.15, -0.1) is 0 Å². The number of hydrogen-bond acceptors (Lipinski definition) is 3. The van der Waals surface area contributed by atoms with E-state index in [-0.39, 0.29) is 0 Å². The smallest absolute Gasteiger partial charge is 0.0837 e. The first-order valence-electron chi connectivity index (χ1n) is 4.46. The molecule has 0 bridgehead atoms. The highest BCUT2D eigenvalue weighted by molar-refractivity contribution is 5.26. The van der Waals surface area contributed by atoms with Gasteiger partial charge in [0.2, 0.25) is 0 Å². The van der Waals surface area contributed by atoms with Crippen LogP contribution in [0.2, 0.25) is 0 Å². The molecular weight excluding hydrogens is 166 g/mol. The van der Waals surface area contributed by atoms with Gasteiger partial charge in [0.1, 0.15) is 0 Å². The minimum atomic E-state index is -0.473. The zero-order valence-corrected chi connectivity index (χ0v) is 8.41. The van der Waals surface area contributed by atoms with E-state index < -0.39 is 6.10 Å². The molecule has 1 aromatic rings. The van der Waals surface area contributed by atoms with Crippen molar-refractivity contribution >= 4 is 0 Å². The van der Waals surface area contributed by atoms with Crippen molar-refractivity contribution in [3.8, 4) is 0 Å². The van der Waals surface area contributed by atoms with Crippen LogP contribution in [-0.4, -0.2) is 21.4 Å². The molecule has 0 spiro atoms. The molecule has 74 valence electrons. The average molecular weight is 183 g/mol. The fraction of sp³-hybridized carbons (Fsp3) is 0.667. The predicted molar refractivity (Wildman–Crippen MR) is 51.3 cm³/mol. The van der Waals surface area contributed by atoms with Crippen LogP contribution in [0.15, 0.2) is 0 Å². The number of nitrogens with zero attached hydrogens (tertiary/aromatic N) is 2. The lowest BCUT2D eigenvalue weighted by Gasteiger charge is -2.09. The van der Waals surface area contributed by atoms with Crippen LogP contribution >= 0.6 is 0 Å².